The van der Waals surface area contributed by atoms with Crippen LogP contribution < -0.4 is 5.32 Å². The van der Waals surface area contributed by atoms with Gasteiger partial charge in [-0.2, -0.15) is 5.10 Å². The van der Waals surface area contributed by atoms with Gasteiger partial charge in [0, 0.05) is 5.56 Å². The molecule has 3 rings (SSSR count). The summed E-state index contributed by atoms with van der Waals surface area (Å²) in [4.78, 5) is 11.0. The molecule has 2 heterocycles. The van der Waals surface area contributed by atoms with Crippen molar-refractivity contribution in [3.63, 3.8) is 0 Å². The zero-order valence-electron chi connectivity index (χ0n) is 11.3. The third-order valence-electron chi connectivity index (χ3n) is 2.95. The van der Waals surface area contributed by atoms with Crippen LogP contribution in [0.3, 0.4) is 0 Å². The Morgan fingerprint density at radius 2 is 2.19 bits per heavy atom. The molecule has 0 spiro atoms. The van der Waals surface area contributed by atoms with Gasteiger partial charge in [-0.25, -0.2) is 0 Å². The lowest BCUT2D eigenvalue weighted by Gasteiger charge is -2.23. The molecule has 0 aromatic heterocycles. The maximum atomic E-state index is 11.0. The van der Waals surface area contributed by atoms with E-state index in [1.54, 1.807) is 6.21 Å². The Bertz CT molecular complexity index is 583. The van der Waals surface area contributed by atoms with Crippen LogP contribution >= 0.6 is 11.8 Å². The van der Waals surface area contributed by atoms with Crippen molar-refractivity contribution in [2.24, 2.45) is 10.2 Å². The fourth-order valence-electron chi connectivity index (χ4n) is 1.99. The van der Waals surface area contributed by atoms with Crippen molar-refractivity contribution in [2.45, 2.75) is 12.7 Å². The van der Waals surface area contributed by atoms with Gasteiger partial charge in [-0.15, -0.1) is 5.10 Å². The average molecular weight is 305 g/mol. The molecule has 6 nitrogen and oxygen atoms in total. The van der Waals surface area contributed by atoms with Crippen molar-refractivity contribution >= 4 is 29.1 Å². The molecule has 21 heavy (non-hydrogen) atoms. The number of ether oxygens (including phenoxy) is 2. The van der Waals surface area contributed by atoms with Crippen molar-refractivity contribution in [3.8, 4) is 0 Å². The molecule has 0 saturated carbocycles. The summed E-state index contributed by atoms with van der Waals surface area (Å²) in [6, 6.07) is 7.78. The zero-order valence-corrected chi connectivity index (χ0v) is 12.1. The molecule has 1 aromatic rings. The van der Waals surface area contributed by atoms with Gasteiger partial charge in [0.15, 0.2) is 11.5 Å². The van der Waals surface area contributed by atoms with Crippen molar-refractivity contribution < 1.29 is 14.3 Å². The summed E-state index contributed by atoms with van der Waals surface area (Å²) in [5.74, 6) is 0.364. The Morgan fingerprint density at radius 1 is 1.33 bits per heavy atom. The van der Waals surface area contributed by atoms with Gasteiger partial charge < -0.3 is 14.8 Å². The molecule has 2 saturated heterocycles. The predicted octanol–water partition coefficient (Wildman–Crippen LogP) is 1.68. The first-order chi connectivity index (χ1) is 10.3. The number of hydrogen-bond donors (Lipinski definition) is 1. The molecular weight excluding hydrogens is 290 g/mol. The largest absolute Gasteiger partial charge is 0.348 e. The molecule has 2 fully saturated rings. The molecule has 0 bridgehead atoms. The van der Waals surface area contributed by atoms with Crippen LogP contribution in [-0.4, -0.2) is 36.3 Å². The van der Waals surface area contributed by atoms with Gasteiger partial charge in [-0.1, -0.05) is 30.0 Å². The number of thioether (sulfide) groups is 1. The highest BCUT2D eigenvalue weighted by Gasteiger charge is 2.17. The molecule has 0 unspecified atom stereocenters. The van der Waals surface area contributed by atoms with E-state index in [4.69, 9.17) is 9.47 Å². The number of carbonyl (C=O) groups excluding carboxylic acids is 1. The highest BCUT2D eigenvalue weighted by molar-refractivity contribution is 8.15. The minimum absolute atomic E-state index is 0.0393. The van der Waals surface area contributed by atoms with Crippen molar-refractivity contribution in [3.05, 3.63) is 35.4 Å². The lowest BCUT2D eigenvalue weighted by Crippen LogP contribution is -2.19. The number of amides is 1. The van der Waals surface area contributed by atoms with Crippen molar-refractivity contribution in [1.29, 1.82) is 0 Å². The van der Waals surface area contributed by atoms with Crippen molar-refractivity contribution in [2.75, 3.05) is 19.0 Å². The smallest absolute Gasteiger partial charge is 0.236 e. The second-order valence-corrected chi connectivity index (χ2v) is 5.55. The third-order valence-corrected chi connectivity index (χ3v) is 3.82. The number of nitrogens with one attached hydrogen (secondary N) is 1. The Labute approximate surface area is 126 Å². The summed E-state index contributed by atoms with van der Waals surface area (Å²) in [7, 11) is 0. The van der Waals surface area contributed by atoms with Crippen molar-refractivity contribution in [1.82, 2.24) is 5.32 Å². The lowest BCUT2D eigenvalue weighted by atomic mass is 10.1. The number of rotatable bonds is 3. The van der Waals surface area contributed by atoms with Crippen LogP contribution in [0.5, 0.6) is 0 Å². The average Bonchev–Trinajstić information content (AvgIpc) is 2.94. The number of amidine groups is 1. The van der Waals surface area contributed by atoms with Gasteiger partial charge >= 0.3 is 0 Å². The summed E-state index contributed by atoms with van der Waals surface area (Å²) in [6.07, 6.45) is 2.27. The van der Waals surface area contributed by atoms with Crippen LogP contribution in [0.25, 0.3) is 0 Å². The minimum Gasteiger partial charge on any atom is -0.348 e. The Hall–Kier alpha value is -1.70. The number of nitrogens with zero attached hydrogens (tertiary/aromatic N) is 2. The van der Waals surface area contributed by atoms with E-state index < -0.39 is 0 Å². The Balaban J connectivity index is 1.66. The number of hydrogen-bond acceptors (Lipinski definition) is 6. The van der Waals surface area contributed by atoms with E-state index in [2.05, 4.69) is 15.5 Å². The first kappa shape index (κ1) is 14.2. The number of benzene rings is 1. The minimum atomic E-state index is -0.303. The standard InChI is InChI=1S/C14H15N3O3S/c18-12-9-21-14(16-12)17-15-8-10-3-1-4-11(7-10)13-19-5-2-6-20-13/h1,3-4,7-8,13H,2,5-6,9H2,(H,16,17,18). The van der Waals surface area contributed by atoms with Gasteiger partial charge in [-0.05, 0) is 18.1 Å². The molecule has 2 aliphatic rings. The molecule has 0 atom stereocenters. The van der Waals surface area contributed by atoms with E-state index >= 15 is 0 Å². The highest BCUT2D eigenvalue weighted by atomic mass is 32.2. The molecule has 7 heteroatoms. The normalized spacial score (nSPS) is 22.1. The molecule has 1 N–H and O–H groups in total. The summed E-state index contributed by atoms with van der Waals surface area (Å²) < 4.78 is 11.1. The van der Waals surface area contributed by atoms with Gasteiger partial charge in [-0.3, -0.25) is 4.79 Å². The van der Waals surface area contributed by atoms with Crippen LogP contribution in [0.15, 0.2) is 34.5 Å². The van der Waals surface area contributed by atoms with E-state index in [0.29, 0.717) is 24.1 Å². The first-order valence-electron chi connectivity index (χ1n) is 6.68. The molecule has 1 aromatic carbocycles. The molecule has 0 radical (unpaired) electrons. The fourth-order valence-corrected chi connectivity index (χ4v) is 2.62. The molecule has 0 aliphatic carbocycles. The summed E-state index contributed by atoms with van der Waals surface area (Å²) in [5.41, 5.74) is 1.87. The molecular formula is C14H15N3O3S. The Kier molecular flexibility index (Phi) is 4.64. The Morgan fingerprint density at radius 3 is 2.95 bits per heavy atom. The van der Waals surface area contributed by atoms with Crippen LogP contribution in [0, 0.1) is 0 Å². The van der Waals surface area contributed by atoms with Gasteiger partial charge in [0.25, 0.3) is 0 Å². The first-order valence-corrected chi connectivity index (χ1v) is 7.67. The van der Waals surface area contributed by atoms with E-state index in [-0.39, 0.29) is 12.2 Å². The zero-order chi connectivity index (χ0) is 14.5. The number of carbonyl (C=O) groups is 1. The summed E-state index contributed by atoms with van der Waals surface area (Å²) in [5, 5.41) is 11.1. The topological polar surface area (TPSA) is 72.3 Å². The highest BCUT2D eigenvalue weighted by Crippen LogP contribution is 2.23. The van der Waals surface area contributed by atoms with Gasteiger partial charge in [0.2, 0.25) is 5.91 Å². The van der Waals surface area contributed by atoms with E-state index in [0.717, 1.165) is 17.5 Å². The molecule has 2 aliphatic heterocycles. The van der Waals surface area contributed by atoms with E-state index in [9.17, 15) is 4.79 Å². The van der Waals surface area contributed by atoms with Gasteiger partial charge in [0.05, 0.1) is 25.2 Å². The monoisotopic (exact) mass is 305 g/mol. The molecule has 1 amide bonds. The predicted molar refractivity (Wildman–Crippen MR) is 81.3 cm³/mol. The third kappa shape index (κ3) is 3.90. The van der Waals surface area contributed by atoms with Crippen LogP contribution in [-0.2, 0) is 14.3 Å². The SMILES string of the molecule is O=C1CSC(=NN=Cc2cccc(C3OCCCO3)c2)N1. The quantitative estimate of drug-likeness (QED) is 0.681. The molecule has 110 valence electrons. The van der Waals surface area contributed by atoms with E-state index in [1.165, 1.54) is 11.8 Å². The van der Waals surface area contributed by atoms with Crippen LogP contribution in [0.2, 0.25) is 0 Å². The fraction of sp³-hybridized carbons (Fsp3) is 0.357. The summed E-state index contributed by atoms with van der Waals surface area (Å²) >= 11 is 1.35. The van der Waals surface area contributed by atoms with E-state index in [1.807, 2.05) is 24.3 Å². The lowest BCUT2D eigenvalue weighted by molar-refractivity contribution is -0.183. The second kappa shape index (κ2) is 6.84. The maximum Gasteiger partial charge on any atom is 0.236 e. The maximum absolute atomic E-state index is 11.0. The summed E-state index contributed by atoms with van der Waals surface area (Å²) in [6.45, 7) is 1.43. The van der Waals surface area contributed by atoms with Crippen LogP contribution in [0.4, 0.5) is 0 Å². The van der Waals surface area contributed by atoms with Crippen LogP contribution in [0.1, 0.15) is 23.8 Å². The second-order valence-electron chi connectivity index (χ2n) is 4.58. The van der Waals surface area contributed by atoms with Gasteiger partial charge in [0.1, 0.15) is 0 Å².